The maximum absolute atomic E-state index is 13.6. The number of hydrogen-bond acceptors (Lipinski definition) is 1. The summed E-state index contributed by atoms with van der Waals surface area (Å²) in [4.78, 5) is 0. The number of alkyl halides is 3. The summed E-state index contributed by atoms with van der Waals surface area (Å²) >= 11 is 0. The van der Waals surface area contributed by atoms with Crippen molar-refractivity contribution in [2.75, 3.05) is 0 Å². The van der Waals surface area contributed by atoms with Crippen molar-refractivity contribution in [3.8, 4) is 0 Å². The topological polar surface area (TPSA) is 20.2 Å². The molecule has 17 heavy (non-hydrogen) atoms. The van der Waals surface area contributed by atoms with E-state index in [-0.39, 0.29) is 11.5 Å². The second-order valence-corrected chi connectivity index (χ2v) is 4.04. The molecule has 2 unspecified atom stereocenters. The molecule has 0 aromatic heterocycles. The summed E-state index contributed by atoms with van der Waals surface area (Å²) in [6, 6.07) is 2.95. The Hall–Kier alpha value is -1.10. The van der Waals surface area contributed by atoms with Crippen LogP contribution in [0.3, 0.4) is 0 Å². The lowest BCUT2D eigenvalue weighted by Gasteiger charge is -2.19. The maximum Gasteiger partial charge on any atom is 0.419 e. The second-order valence-electron chi connectivity index (χ2n) is 4.04. The number of halogens is 4. The standard InChI is InChI=1S/C12H14F4O/c1-3-7(2)11(17)8-5-4-6-9(10(8)13)12(14,15)16/h4-7,11,17H,3H2,1-2H3. The number of hydrogen-bond donors (Lipinski definition) is 1. The van der Waals surface area contributed by atoms with E-state index < -0.39 is 23.7 Å². The first-order valence-electron chi connectivity index (χ1n) is 5.32. The minimum absolute atomic E-state index is 0.297. The molecule has 0 aliphatic carbocycles. The Balaban J connectivity index is 3.19. The monoisotopic (exact) mass is 250 g/mol. The lowest BCUT2D eigenvalue weighted by Crippen LogP contribution is -2.15. The molecule has 0 aliphatic heterocycles. The quantitative estimate of drug-likeness (QED) is 0.806. The molecular formula is C12H14F4O. The van der Waals surface area contributed by atoms with Crippen LogP contribution in [0.2, 0.25) is 0 Å². The van der Waals surface area contributed by atoms with Crippen LogP contribution in [0.1, 0.15) is 37.5 Å². The van der Waals surface area contributed by atoms with Crippen LogP contribution in [0.5, 0.6) is 0 Å². The summed E-state index contributed by atoms with van der Waals surface area (Å²) in [7, 11) is 0. The van der Waals surface area contributed by atoms with E-state index in [1.54, 1.807) is 13.8 Å². The van der Waals surface area contributed by atoms with Gasteiger partial charge in [0.05, 0.1) is 11.7 Å². The summed E-state index contributed by atoms with van der Waals surface area (Å²) in [5.41, 5.74) is -1.63. The van der Waals surface area contributed by atoms with Crippen LogP contribution in [0.25, 0.3) is 0 Å². The fourth-order valence-corrected chi connectivity index (χ4v) is 1.53. The molecule has 0 fully saturated rings. The minimum Gasteiger partial charge on any atom is -0.388 e. The van der Waals surface area contributed by atoms with Gasteiger partial charge in [-0.3, -0.25) is 0 Å². The Bertz CT molecular complexity index is 387. The third-order valence-electron chi connectivity index (χ3n) is 2.84. The summed E-state index contributed by atoms with van der Waals surface area (Å²) in [5, 5.41) is 9.75. The zero-order valence-corrected chi connectivity index (χ0v) is 9.55. The molecule has 2 atom stereocenters. The Kier molecular flexibility index (Phi) is 4.14. The highest BCUT2D eigenvalue weighted by molar-refractivity contribution is 5.29. The Morgan fingerprint density at radius 2 is 1.88 bits per heavy atom. The summed E-state index contributed by atoms with van der Waals surface area (Å²) in [5.74, 6) is -1.68. The van der Waals surface area contributed by atoms with Crippen molar-refractivity contribution in [2.45, 2.75) is 32.5 Å². The van der Waals surface area contributed by atoms with Crippen LogP contribution in [0, 0.1) is 11.7 Å². The third-order valence-corrected chi connectivity index (χ3v) is 2.84. The van der Waals surface area contributed by atoms with Gasteiger partial charge in [0.15, 0.2) is 0 Å². The molecule has 1 aromatic carbocycles. The molecule has 0 amide bonds. The molecule has 1 aromatic rings. The van der Waals surface area contributed by atoms with Crippen molar-refractivity contribution >= 4 is 0 Å². The molecule has 1 N–H and O–H groups in total. The lowest BCUT2D eigenvalue weighted by atomic mass is 9.93. The fourth-order valence-electron chi connectivity index (χ4n) is 1.53. The number of aliphatic hydroxyl groups excluding tert-OH is 1. The van der Waals surface area contributed by atoms with Gasteiger partial charge < -0.3 is 5.11 Å². The van der Waals surface area contributed by atoms with Gasteiger partial charge in [-0.05, 0) is 12.0 Å². The molecule has 96 valence electrons. The van der Waals surface area contributed by atoms with Crippen molar-refractivity contribution in [1.29, 1.82) is 0 Å². The van der Waals surface area contributed by atoms with Crippen LogP contribution in [-0.2, 0) is 6.18 Å². The smallest absolute Gasteiger partial charge is 0.388 e. The largest absolute Gasteiger partial charge is 0.419 e. The minimum atomic E-state index is -4.74. The van der Waals surface area contributed by atoms with Crippen molar-refractivity contribution in [3.63, 3.8) is 0 Å². The highest BCUT2D eigenvalue weighted by Gasteiger charge is 2.35. The summed E-state index contributed by atoms with van der Waals surface area (Å²) < 4.78 is 51.0. The number of aliphatic hydroxyl groups is 1. The number of benzene rings is 1. The van der Waals surface area contributed by atoms with E-state index in [0.29, 0.717) is 12.5 Å². The van der Waals surface area contributed by atoms with Gasteiger partial charge in [0.25, 0.3) is 0 Å². The van der Waals surface area contributed by atoms with Crippen molar-refractivity contribution < 1.29 is 22.7 Å². The van der Waals surface area contributed by atoms with Gasteiger partial charge in [-0.15, -0.1) is 0 Å². The first kappa shape index (κ1) is 14.0. The molecule has 1 nitrogen and oxygen atoms in total. The van der Waals surface area contributed by atoms with Crippen molar-refractivity contribution in [1.82, 2.24) is 0 Å². The van der Waals surface area contributed by atoms with E-state index in [9.17, 15) is 22.7 Å². The van der Waals surface area contributed by atoms with E-state index in [2.05, 4.69) is 0 Å². The third kappa shape index (κ3) is 2.97. The molecule has 0 saturated carbocycles. The average Bonchev–Trinajstić information content (AvgIpc) is 2.25. The average molecular weight is 250 g/mol. The molecule has 0 aliphatic rings. The van der Waals surface area contributed by atoms with Crippen LogP contribution in [0.4, 0.5) is 17.6 Å². The first-order valence-corrected chi connectivity index (χ1v) is 5.32. The van der Waals surface area contributed by atoms with E-state index in [4.69, 9.17) is 0 Å². The molecule has 0 spiro atoms. The van der Waals surface area contributed by atoms with Gasteiger partial charge >= 0.3 is 6.18 Å². The predicted octanol–water partition coefficient (Wildman–Crippen LogP) is 3.92. The molecular weight excluding hydrogens is 236 g/mol. The number of rotatable bonds is 3. The molecule has 0 radical (unpaired) electrons. The van der Waals surface area contributed by atoms with Gasteiger partial charge in [-0.25, -0.2) is 4.39 Å². The molecule has 1 rings (SSSR count). The summed E-state index contributed by atoms with van der Waals surface area (Å²) in [6.45, 7) is 3.43. The van der Waals surface area contributed by atoms with Crippen molar-refractivity contribution in [3.05, 3.63) is 35.1 Å². The van der Waals surface area contributed by atoms with Crippen LogP contribution < -0.4 is 0 Å². The van der Waals surface area contributed by atoms with Gasteiger partial charge in [-0.1, -0.05) is 32.4 Å². The first-order chi connectivity index (χ1) is 7.79. The normalized spacial score (nSPS) is 15.7. The lowest BCUT2D eigenvalue weighted by molar-refractivity contribution is -0.140. The fraction of sp³-hybridized carbons (Fsp3) is 0.500. The zero-order chi connectivity index (χ0) is 13.2. The van der Waals surface area contributed by atoms with Crippen LogP contribution >= 0.6 is 0 Å². The highest BCUT2D eigenvalue weighted by Crippen LogP contribution is 2.35. The Morgan fingerprint density at radius 1 is 1.29 bits per heavy atom. The molecule has 0 heterocycles. The van der Waals surface area contributed by atoms with E-state index in [1.165, 1.54) is 6.07 Å². The van der Waals surface area contributed by atoms with Crippen LogP contribution in [0.15, 0.2) is 18.2 Å². The van der Waals surface area contributed by atoms with Gasteiger partial charge in [0.1, 0.15) is 5.82 Å². The Morgan fingerprint density at radius 3 is 2.35 bits per heavy atom. The van der Waals surface area contributed by atoms with Gasteiger partial charge in [0, 0.05) is 5.56 Å². The van der Waals surface area contributed by atoms with Gasteiger partial charge in [-0.2, -0.15) is 13.2 Å². The predicted molar refractivity (Wildman–Crippen MR) is 55.8 cm³/mol. The molecule has 0 bridgehead atoms. The maximum atomic E-state index is 13.6. The second kappa shape index (κ2) is 5.04. The van der Waals surface area contributed by atoms with Crippen LogP contribution in [-0.4, -0.2) is 5.11 Å². The van der Waals surface area contributed by atoms with E-state index >= 15 is 0 Å². The summed E-state index contributed by atoms with van der Waals surface area (Å²) in [6.07, 6.45) is -5.41. The van der Waals surface area contributed by atoms with Crippen molar-refractivity contribution in [2.24, 2.45) is 5.92 Å². The SMILES string of the molecule is CCC(C)C(O)c1cccc(C(F)(F)F)c1F. The zero-order valence-electron chi connectivity index (χ0n) is 9.55. The Labute approximate surface area is 97.1 Å². The highest BCUT2D eigenvalue weighted by atomic mass is 19.4. The molecule has 5 heteroatoms. The van der Waals surface area contributed by atoms with E-state index in [1.807, 2.05) is 0 Å². The molecule has 0 saturated heterocycles. The van der Waals surface area contributed by atoms with E-state index in [0.717, 1.165) is 6.07 Å². The van der Waals surface area contributed by atoms with Gasteiger partial charge in [0.2, 0.25) is 0 Å².